The summed E-state index contributed by atoms with van der Waals surface area (Å²) in [5, 5.41) is 7.15. The number of thiazole rings is 1. The third-order valence-corrected chi connectivity index (χ3v) is 5.36. The number of carbonyl (C=O) groups excluding carboxylic acids is 1. The molecule has 1 amide bonds. The minimum Gasteiger partial charge on any atom is -0.345 e. The monoisotopic (exact) mass is 365 g/mol. The van der Waals surface area contributed by atoms with Gasteiger partial charge in [-0.3, -0.25) is 4.79 Å². The molecular formula is C21H23N3OS. The standard InChI is InChI=1S/C21H23N3OS/c1-4-16-10-8-9-13-18(16)24-21-23-15(3)19(26-21)20(25)22-14(2)17-11-6-5-7-12-17/h5-14H,4H2,1-3H3,(H,22,25)(H,23,24). The number of aryl methyl sites for hydroxylation is 2. The molecule has 0 saturated heterocycles. The first-order valence-electron chi connectivity index (χ1n) is 8.76. The third kappa shape index (κ3) is 4.11. The zero-order chi connectivity index (χ0) is 18.5. The zero-order valence-corrected chi connectivity index (χ0v) is 16.1. The van der Waals surface area contributed by atoms with Crippen LogP contribution in [0.15, 0.2) is 54.6 Å². The van der Waals surface area contributed by atoms with Gasteiger partial charge in [-0.15, -0.1) is 0 Å². The third-order valence-electron chi connectivity index (χ3n) is 4.29. The predicted octanol–water partition coefficient (Wildman–Crippen LogP) is 5.25. The molecule has 4 nitrogen and oxygen atoms in total. The van der Waals surface area contributed by atoms with Crippen molar-refractivity contribution < 1.29 is 4.79 Å². The second-order valence-corrected chi connectivity index (χ2v) is 7.17. The Kier molecular flexibility index (Phi) is 5.68. The van der Waals surface area contributed by atoms with Gasteiger partial charge in [0, 0.05) is 5.69 Å². The number of nitrogens with zero attached hydrogens (tertiary/aromatic N) is 1. The maximum atomic E-state index is 12.7. The number of nitrogens with one attached hydrogen (secondary N) is 2. The van der Waals surface area contributed by atoms with Crippen LogP contribution in [0.1, 0.15) is 46.4 Å². The van der Waals surface area contributed by atoms with E-state index in [0.717, 1.165) is 28.5 Å². The lowest BCUT2D eigenvalue weighted by atomic mass is 10.1. The smallest absolute Gasteiger partial charge is 0.263 e. The molecule has 1 heterocycles. The first kappa shape index (κ1) is 18.1. The van der Waals surface area contributed by atoms with Crippen LogP contribution in [-0.4, -0.2) is 10.9 Å². The molecule has 3 aromatic rings. The highest BCUT2D eigenvalue weighted by Gasteiger charge is 2.18. The Hall–Kier alpha value is -2.66. The van der Waals surface area contributed by atoms with Gasteiger partial charge in [0.15, 0.2) is 5.13 Å². The lowest BCUT2D eigenvalue weighted by molar-refractivity contribution is 0.0943. The molecule has 5 heteroatoms. The van der Waals surface area contributed by atoms with Gasteiger partial charge in [0.2, 0.25) is 0 Å². The lowest BCUT2D eigenvalue weighted by Crippen LogP contribution is -2.26. The number of anilines is 2. The van der Waals surface area contributed by atoms with E-state index in [1.165, 1.54) is 16.9 Å². The number of hydrogen-bond donors (Lipinski definition) is 2. The summed E-state index contributed by atoms with van der Waals surface area (Å²) < 4.78 is 0. The summed E-state index contributed by atoms with van der Waals surface area (Å²) in [4.78, 5) is 17.8. The molecule has 2 N–H and O–H groups in total. The van der Waals surface area contributed by atoms with Gasteiger partial charge in [0.25, 0.3) is 5.91 Å². The topological polar surface area (TPSA) is 54.0 Å². The van der Waals surface area contributed by atoms with Gasteiger partial charge >= 0.3 is 0 Å². The van der Waals surface area contributed by atoms with Gasteiger partial charge in [-0.1, -0.05) is 66.8 Å². The van der Waals surface area contributed by atoms with Gasteiger partial charge in [0.05, 0.1) is 11.7 Å². The second kappa shape index (κ2) is 8.15. The molecule has 26 heavy (non-hydrogen) atoms. The van der Waals surface area contributed by atoms with E-state index in [2.05, 4.69) is 28.6 Å². The molecule has 1 unspecified atom stereocenters. The van der Waals surface area contributed by atoms with Gasteiger partial charge < -0.3 is 10.6 Å². The Morgan fingerprint density at radius 1 is 1.12 bits per heavy atom. The molecule has 0 spiro atoms. The van der Waals surface area contributed by atoms with Crippen molar-refractivity contribution in [2.45, 2.75) is 33.2 Å². The van der Waals surface area contributed by atoms with E-state index >= 15 is 0 Å². The second-order valence-electron chi connectivity index (χ2n) is 6.18. The fourth-order valence-electron chi connectivity index (χ4n) is 2.81. The Balaban J connectivity index is 1.74. The molecule has 0 aliphatic rings. The number of hydrogen-bond acceptors (Lipinski definition) is 4. The van der Waals surface area contributed by atoms with Crippen molar-refractivity contribution in [1.29, 1.82) is 0 Å². The van der Waals surface area contributed by atoms with Crippen molar-refractivity contribution in [3.05, 3.63) is 76.3 Å². The van der Waals surface area contributed by atoms with Crippen LogP contribution in [0.4, 0.5) is 10.8 Å². The first-order chi connectivity index (χ1) is 12.6. The number of benzene rings is 2. The van der Waals surface area contributed by atoms with Crippen LogP contribution in [0.3, 0.4) is 0 Å². The largest absolute Gasteiger partial charge is 0.345 e. The molecule has 0 aliphatic heterocycles. The Morgan fingerprint density at radius 2 is 1.81 bits per heavy atom. The molecule has 0 aliphatic carbocycles. The van der Waals surface area contributed by atoms with Crippen molar-refractivity contribution in [2.75, 3.05) is 5.32 Å². The average molecular weight is 366 g/mol. The number of amides is 1. The van der Waals surface area contributed by atoms with Gasteiger partial charge in [-0.2, -0.15) is 0 Å². The summed E-state index contributed by atoms with van der Waals surface area (Å²) in [7, 11) is 0. The Labute approximate surface area is 158 Å². The first-order valence-corrected chi connectivity index (χ1v) is 9.58. The van der Waals surface area contributed by atoms with Crippen molar-refractivity contribution in [1.82, 2.24) is 10.3 Å². The molecule has 3 rings (SSSR count). The van der Waals surface area contributed by atoms with E-state index in [4.69, 9.17) is 0 Å². The van der Waals surface area contributed by atoms with E-state index in [1.54, 1.807) is 0 Å². The van der Waals surface area contributed by atoms with Gasteiger partial charge in [-0.25, -0.2) is 4.98 Å². The Morgan fingerprint density at radius 3 is 2.54 bits per heavy atom. The van der Waals surface area contributed by atoms with Crippen LogP contribution in [0.25, 0.3) is 0 Å². The quantitative estimate of drug-likeness (QED) is 0.627. The molecule has 0 saturated carbocycles. The van der Waals surface area contributed by atoms with E-state index in [9.17, 15) is 4.79 Å². The Bertz CT molecular complexity index is 889. The molecular weight excluding hydrogens is 342 g/mol. The summed E-state index contributed by atoms with van der Waals surface area (Å²) >= 11 is 1.38. The van der Waals surface area contributed by atoms with Crippen molar-refractivity contribution >= 4 is 28.1 Å². The van der Waals surface area contributed by atoms with Crippen LogP contribution in [-0.2, 0) is 6.42 Å². The summed E-state index contributed by atoms with van der Waals surface area (Å²) in [5.74, 6) is -0.0896. The zero-order valence-electron chi connectivity index (χ0n) is 15.2. The molecule has 0 bridgehead atoms. The molecule has 2 aromatic carbocycles. The van der Waals surface area contributed by atoms with Crippen LogP contribution < -0.4 is 10.6 Å². The summed E-state index contributed by atoms with van der Waals surface area (Å²) in [6.45, 7) is 5.98. The highest BCUT2D eigenvalue weighted by Crippen LogP contribution is 2.28. The minimum atomic E-state index is -0.0896. The van der Waals surface area contributed by atoms with Gasteiger partial charge in [-0.05, 0) is 37.5 Å². The molecule has 1 atom stereocenters. The SMILES string of the molecule is CCc1ccccc1Nc1nc(C)c(C(=O)NC(C)c2ccccc2)s1. The summed E-state index contributed by atoms with van der Waals surface area (Å²) in [6, 6.07) is 18.0. The molecule has 0 radical (unpaired) electrons. The van der Waals surface area contributed by atoms with Crippen LogP contribution >= 0.6 is 11.3 Å². The maximum absolute atomic E-state index is 12.7. The summed E-state index contributed by atoms with van der Waals surface area (Å²) in [6.07, 6.45) is 0.940. The van der Waals surface area contributed by atoms with Crippen LogP contribution in [0.2, 0.25) is 0 Å². The van der Waals surface area contributed by atoms with E-state index < -0.39 is 0 Å². The predicted molar refractivity (Wildman–Crippen MR) is 108 cm³/mol. The number of carbonyl (C=O) groups is 1. The van der Waals surface area contributed by atoms with Gasteiger partial charge in [0.1, 0.15) is 4.88 Å². The number of aromatic nitrogens is 1. The number of para-hydroxylation sites is 1. The van der Waals surface area contributed by atoms with E-state index in [0.29, 0.717) is 4.88 Å². The average Bonchev–Trinajstić information content (AvgIpc) is 3.03. The number of rotatable bonds is 6. The van der Waals surface area contributed by atoms with Crippen LogP contribution in [0, 0.1) is 6.92 Å². The van der Waals surface area contributed by atoms with Crippen molar-refractivity contribution in [3.8, 4) is 0 Å². The molecule has 1 aromatic heterocycles. The summed E-state index contributed by atoms with van der Waals surface area (Å²) in [5.41, 5.74) is 4.08. The maximum Gasteiger partial charge on any atom is 0.263 e. The fourth-order valence-corrected chi connectivity index (χ4v) is 3.70. The van der Waals surface area contributed by atoms with E-state index in [1.807, 2.05) is 62.4 Å². The highest BCUT2D eigenvalue weighted by molar-refractivity contribution is 7.17. The van der Waals surface area contributed by atoms with Crippen LogP contribution in [0.5, 0.6) is 0 Å². The molecule has 0 fully saturated rings. The normalized spacial score (nSPS) is 11.8. The lowest BCUT2D eigenvalue weighted by Gasteiger charge is -2.13. The van der Waals surface area contributed by atoms with E-state index in [-0.39, 0.29) is 11.9 Å². The highest BCUT2D eigenvalue weighted by atomic mass is 32.1. The fraction of sp³-hybridized carbons (Fsp3) is 0.238. The van der Waals surface area contributed by atoms with Crippen molar-refractivity contribution in [2.24, 2.45) is 0 Å². The van der Waals surface area contributed by atoms with Crippen molar-refractivity contribution in [3.63, 3.8) is 0 Å². The minimum absolute atomic E-state index is 0.0533. The molecule has 134 valence electrons.